The number of nitrogens with two attached hydrogens (primary N) is 1. The van der Waals surface area contributed by atoms with Crippen LogP contribution in [0.25, 0.3) is 0 Å². The second-order valence-corrected chi connectivity index (χ2v) is 7.87. The molecule has 0 spiro atoms. The summed E-state index contributed by atoms with van der Waals surface area (Å²) < 4.78 is 0. The molecule has 7 heteroatoms. The zero-order chi connectivity index (χ0) is 21.1. The minimum atomic E-state index is -0.580. The number of hydrogen-bond acceptors (Lipinski definition) is 5. The number of imide groups is 1. The first-order valence-corrected chi connectivity index (χ1v) is 10.3. The molecule has 1 atom stereocenters. The third-order valence-electron chi connectivity index (χ3n) is 5.75. The van der Waals surface area contributed by atoms with Gasteiger partial charge in [-0.05, 0) is 54.6 Å². The maximum Gasteiger partial charge on any atom is 0.255 e. The largest absolute Gasteiger partial charge is 0.399 e. The maximum atomic E-state index is 13.1. The van der Waals surface area contributed by atoms with E-state index in [1.165, 1.54) is 5.56 Å². The molecule has 2 aliphatic heterocycles. The molecule has 7 nitrogen and oxygen atoms in total. The summed E-state index contributed by atoms with van der Waals surface area (Å²) in [6, 6.07) is 13.2. The molecule has 2 heterocycles. The Balaban J connectivity index is 1.34. The standard InChI is InChI=1S/C23H26N4O3/c24-18-8-6-15(7-9-18)3-2-12-25-13-16-4-1-5-17-14-27(23(30)21(16)17)19-10-11-20(28)26-22(19)29/h1,4-9,19,25H,2-3,10-14,24H2,(H,26,28,29). The first-order valence-electron chi connectivity index (χ1n) is 10.3. The lowest BCUT2D eigenvalue weighted by Gasteiger charge is -2.29. The molecule has 0 aliphatic carbocycles. The fourth-order valence-electron chi connectivity index (χ4n) is 4.16. The van der Waals surface area contributed by atoms with Gasteiger partial charge in [-0.3, -0.25) is 19.7 Å². The molecule has 0 bridgehead atoms. The van der Waals surface area contributed by atoms with Crippen molar-refractivity contribution >= 4 is 23.4 Å². The van der Waals surface area contributed by atoms with Crippen molar-refractivity contribution in [3.8, 4) is 0 Å². The molecule has 0 aromatic heterocycles. The van der Waals surface area contributed by atoms with Gasteiger partial charge in [-0.25, -0.2) is 0 Å². The Morgan fingerprint density at radius 2 is 1.90 bits per heavy atom. The molecule has 0 saturated carbocycles. The van der Waals surface area contributed by atoms with Gasteiger partial charge in [0.15, 0.2) is 0 Å². The van der Waals surface area contributed by atoms with Crippen LogP contribution in [-0.2, 0) is 29.1 Å². The molecule has 0 radical (unpaired) electrons. The highest BCUT2D eigenvalue weighted by molar-refractivity contribution is 6.05. The first kappa shape index (κ1) is 20.1. The van der Waals surface area contributed by atoms with E-state index in [9.17, 15) is 14.4 Å². The van der Waals surface area contributed by atoms with Crippen molar-refractivity contribution in [2.75, 3.05) is 12.3 Å². The van der Waals surface area contributed by atoms with Crippen molar-refractivity contribution in [3.63, 3.8) is 0 Å². The average Bonchev–Trinajstić information content (AvgIpc) is 3.06. The zero-order valence-corrected chi connectivity index (χ0v) is 16.8. The molecule has 2 aromatic carbocycles. The van der Waals surface area contributed by atoms with Crippen LogP contribution in [0.4, 0.5) is 5.69 Å². The van der Waals surface area contributed by atoms with Crippen molar-refractivity contribution in [3.05, 3.63) is 64.7 Å². The summed E-state index contributed by atoms with van der Waals surface area (Å²) in [5.74, 6) is -0.780. The van der Waals surface area contributed by atoms with Crippen molar-refractivity contribution in [2.45, 2.75) is 44.8 Å². The van der Waals surface area contributed by atoms with Crippen molar-refractivity contribution < 1.29 is 14.4 Å². The van der Waals surface area contributed by atoms with Crippen LogP contribution in [0.3, 0.4) is 0 Å². The van der Waals surface area contributed by atoms with Gasteiger partial charge in [-0.1, -0.05) is 30.3 Å². The number of nitrogens with zero attached hydrogens (tertiary/aromatic N) is 1. The smallest absolute Gasteiger partial charge is 0.255 e. The number of nitrogens with one attached hydrogen (secondary N) is 2. The van der Waals surface area contributed by atoms with Gasteiger partial charge >= 0.3 is 0 Å². The van der Waals surface area contributed by atoms with Crippen LogP contribution >= 0.6 is 0 Å². The Labute approximate surface area is 175 Å². The van der Waals surface area contributed by atoms with Crippen LogP contribution < -0.4 is 16.4 Å². The molecule has 2 aromatic rings. The summed E-state index contributed by atoms with van der Waals surface area (Å²) >= 11 is 0. The van der Waals surface area contributed by atoms with Gasteiger partial charge in [-0.2, -0.15) is 0 Å². The quantitative estimate of drug-likeness (QED) is 0.369. The van der Waals surface area contributed by atoms with Crippen LogP contribution in [0.15, 0.2) is 42.5 Å². The number of amides is 3. The van der Waals surface area contributed by atoms with E-state index in [1.807, 2.05) is 42.5 Å². The Morgan fingerprint density at radius 1 is 1.10 bits per heavy atom. The number of anilines is 1. The van der Waals surface area contributed by atoms with E-state index in [2.05, 4.69) is 10.6 Å². The van der Waals surface area contributed by atoms with E-state index in [1.54, 1.807) is 4.90 Å². The predicted octanol–water partition coefficient (Wildman–Crippen LogP) is 1.75. The van der Waals surface area contributed by atoms with E-state index in [0.717, 1.165) is 36.2 Å². The second-order valence-electron chi connectivity index (χ2n) is 7.87. The Hall–Kier alpha value is -3.19. The number of hydrogen-bond donors (Lipinski definition) is 3. The highest BCUT2D eigenvalue weighted by Gasteiger charge is 2.39. The molecular weight excluding hydrogens is 380 g/mol. The third-order valence-corrected chi connectivity index (χ3v) is 5.75. The normalized spacial score (nSPS) is 18.5. The molecule has 1 unspecified atom stereocenters. The van der Waals surface area contributed by atoms with Gasteiger partial charge in [0.25, 0.3) is 5.91 Å². The number of rotatable bonds is 7. The number of fused-ring (bicyclic) bond motifs is 1. The molecule has 4 rings (SSSR count). The summed E-state index contributed by atoms with van der Waals surface area (Å²) in [7, 11) is 0. The van der Waals surface area contributed by atoms with Crippen molar-refractivity contribution in [1.29, 1.82) is 0 Å². The van der Waals surface area contributed by atoms with E-state index in [-0.39, 0.29) is 24.1 Å². The molecular formula is C23H26N4O3. The fourth-order valence-corrected chi connectivity index (χ4v) is 4.16. The molecule has 4 N–H and O–H groups in total. The van der Waals surface area contributed by atoms with Crippen molar-refractivity contribution in [1.82, 2.24) is 15.5 Å². The van der Waals surface area contributed by atoms with Gasteiger partial charge in [0.05, 0.1) is 0 Å². The monoisotopic (exact) mass is 406 g/mol. The topological polar surface area (TPSA) is 105 Å². The van der Waals surface area contributed by atoms with Gasteiger partial charge in [0.2, 0.25) is 11.8 Å². The number of carbonyl (C=O) groups is 3. The lowest BCUT2D eigenvalue weighted by atomic mass is 10.0. The minimum absolute atomic E-state index is 0.126. The summed E-state index contributed by atoms with van der Waals surface area (Å²) in [6.07, 6.45) is 2.58. The number of aryl methyl sites for hydroxylation is 1. The second kappa shape index (κ2) is 8.67. The molecule has 3 amide bonds. The van der Waals surface area contributed by atoms with E-state index in [4.69, 9.17) is 5.73 Å². The van der Waals surface area contributed by atoms with Gasteiger partial charge in [-0.15, -0.1) is 0 Å². The molecule has 1 saturated heterocycles. The fraction of sp³-hybridized carbons (Fsp3) is 0.348. The molecule has 156 valence electrons. The molecule has 30 heavy (non-hydrogen) atoms. The highest BCUT2D eigenvalue weighted by Crippen LogP contribution is 2.29. The summed E-state index contributed by atoms with van der Waals surface area (Å²) in [5, 5.41) is 5.77. The lowest BCUT2D eigenvalue weighted by Crippen LogP contribution is -2.52. The Kier molecular flexibility index (Phi) is 5.81. The number of carbonyl (C=O) groups excluding carboxylic acids is 3. The SMILES string of the molecule is Nc1ccc(CCCNCc2cccc3c2C(=O)N(C2CCC(=O)NC2=O)C3)cc1. The van der Waals surface area contributed by atoms with Crippen molar-refractivity contribution in [2.24, 2.45) is 0 Å². The van der Waals surface area contributed by atoms with E-state index < -0.39 is 6.04 Å². The first-order chi connectivity index (χ1) is 14.5. The van der Waals surface area contributed by atoms with Gasteiger partial charge < -0.3 is 16.0 Å². The Morgan fingerprint density at radius 3 is 2.67 bits per heavy atom. The van der Waals surface area contributed by atoms with Crippen LogP contribution in [0.2, 0.25) is 0 Å². The van der Waals surface area contributed by atoms with Crippen LogP contribution in [-0.4, -0.2) is 35.2 Å². The van der Waals surface area contributed by atoms with Crippen LogP contribution in [0.1, 0.15) is 46.3 Å². The van der Waals surface area contributed by atoms with Crippen LogP contribution in [0.5, 0.6) is 0 Å². The minimum Gasteiger partial charge on any atom is -0.399 e. The summed E-state index contributed by atoms with van der Waals surface area (Å²) in [4.78, 5) is 38.3. The maximum absolute atomic E-state index is 13.1. The Bertz CT molecular complexity index is 971. The lowest BCUT2D eigenvalue weighted by molar-refractivity contribution is -0.136. The van der Waals surface area contributed by atoms with E-state index in [0.29, 0.717) is 25.1 Å². The molecule has 2 aliphatic rings. The molecule has 1 fully saturated rings. The van der Waals surface area contributed by atoms with Crippen LogP contribution in [0, 0.1) is 0 Å². The number of benzene rings is 2. The highest BCUT2D eigenvalue weighted by atomic mass is 16.2. The zero-order valence-electron chi connectivity index (χ0n) is 16.8. The number of piperidine rings is 1. The van der Waals surface area contributed by atoms with Gasteiger partial charge in [0, 0.05) is 30.8 Å². The number of nitrogen functional groups attached to an aromatic ring is 1. The summed E-state index contributed by atoms with van der Waals surface area (Å²) in [5.41, 5.74) is 10.3. The third kappa shape index (κ3) is 4.21. The predicted molar refractivity (Wildman–Crippen MR) is 113 cm³/mol. The average molecular weight is 406 g/mol. The van der Waals surface area contributed by atoms with E-state index >= 15 is 0 Å². The van der Waals surface area contributed by atoms with Gasteiger partial charge in [0.1, 0.15) is 6.04 Å². The summed E-state index contributed by atoms with van der Waals surface area (Å²) in [6.45, 7) is 1.84.